The lowest BCUT2D eigenvalue weighted by atomic mass is 10.1. The van der Waals surface area contributed by atoms with Gasteiger partial charge in [-0.1, -0.05) is 18.2 Å². The van der Waals surface area contributed by atoms with Crippen LogP contribution in [0.1, 0.15) is 37.6 Å². The smallest absolute Gasteiger partial charge is 0.418 e. The van der Waals surface area contributed by atoms with E-state index in [1.54, 1.807) is 32.7 Å². The topological polar surface area (TPSA) is 91.9 Å². The molecule has 6 rings (SSSR count). The summed E-state index contributed by atoms with van der Waals surface area (Å²) < 4.78 is 34.6. The molecule has 10 heteroatoms. The van der Waals surface area contributed by atoms with Gasteiger partial charge in [0, 0.05) is 54.0 Å². The minimum atomic E-state index is -0.585. The van der Waals surface area contributed by atoms with Crippen molar-refractivity contribution in [2.24, 2.45) is 0 Å². The second kappa shape index (κ2) is 10.9. The van der Waals surface area contributed by atoms with Crippen molar-refractivity contribution in [2.45, 2.75) is 39.3 Å². The number of carbonyl (C=O) groups is 1. The lowest BCUT2D eigenvalue weighted by Crippen LogP contribution is -2.26. The van der Waals surface area contributed by atoms with Crippen molar-refractivity contribution in [1.82, 2.24) is 18.9 Å². The second-order valence-corrected chi connectivity index (χ2v) is 11.3. The van der Waals surface area contributed by atoms with Gasteiger partial charge in [0.05, 0.1) is 19.9 Å². The molecule has 220 valence electrons. The number of carbonyl (C=O) groups excluding carboxylic acids is 1. The third kappa shape index (κ3) is 5.68. The number of hydrogen-bond donors (Lipinski definition) is 1. The highest BCUT2D eigenvalue weighted by Crippen LogP contribution is 2.28. The highest BCUT2D eigenvalue weighted by atomic mass is 19.1. The number of imidazole rings is 1. The van der Waals surface area contributed by atoms with E-state index in [-0.39, 0.29) is 5.52 Å². The van der Waals surface area contributed by atoms with Crippen LogP contribution in [0.2, 0.25) is 0 Å². The van der Waals surface area contributed by atoms with Crippen molar-refractivity contribution < 1.29 is 23.4 Å². The molecular formula is C33H32FN5O4. The average molecular weight is 582 g/mol. The molecule has 6 aromatic rings. The summed E-state index contributed by atoms with van der Waals surface area (Å²) in [6.07, 6.45) is 5.55. The van der Waals surface area contributed by atoms with E-state index < -0.39 is 17.5 Å². The van der Waals surface area contributed by atoms with Crippen molar-refractivity contribution >= 4 is 39.4 Å². The summed E-state index contributed by atoms with van der Waals surface area (Å²) in [6, 6.07) is 16.5. The Morgan fingerprint density at radius 2 is 1.77 bits per heavy atom. The SMILES string of the molecule is COc1ccc(CNc2nc3c(F)cccc3c3nc(Cc4ccc5cn(C(=O)OC(C)(C)C)cc5c4)cn23)c(OC)c1. The Labute approximate surface area is 247 Å². The van der Waals surface area contributed by atoms with E-state index in [1.807, 2.05) is 73.8 Å². The first-order chi connectivity index (χ1) is 20.6. The molecule has 0 aliphatic heterocycles. The molecule has 1 N–H and O–H groups in total. The van der Waals surface area contributed by atoms with Gasteiger partial charge in [0.15, 0.2) is 0 Å². The Morgan fingerprint density at radius 3 is 2.53 bits per heavy atom. The van der Waals surface area contributed by atoms with Crippen LogP contribution in [0.5, 0.6) is 11.5 Å². The lowest BCUT2D eigenvalue weighted by Gasteiger charge is -2.19. The number of halogens is 1. The van der Waals surface area contributed by atoms with Gasteiger partial charge >= 0.3 is 6.09 Å². The minimum Gasteiger partial charge on any atom is -0.497 e. The normalized spacial score (nSPS) is 11.8. The fourth-order valence-electron chi connectivity index (χ4n) is 5.06. The first-order valence-corrected chi connectivity index (χ1v) is 13.9. The predicted molar refractivity (Wildman–Crippen MR) is 164 cm³/mol. The zero-order chi connectivity index (χ0) is 30.3. The molecule has 0 aliphatic carbocycles. The summed E-state index contributed by atoms with van der Waals surface area (Å²) in [4.78, 5) is 22.1. The molecule has 3 heterocycles. The van der Waals surface area contributed by atoms with E-state index in [0.717, 1.165) is 27.6 Å². The van der Waals surface area contributed by atoms with Gasteiger partial charge in [-0.2, -0.15) is 0 Å². The van der Waals surface area contributed by atoms with E-state index in [0.29, 0.717) is 41.4 Å². The maximum Gasteiger partial charge on any atom is 0.418 e. The van der Waals surface area contributed by atoms with Gasteiger partial charge in [-0.3, -0.25) is 8.97 Å². The monoisotopic (exact) mass is 581 g/mol. The van der Waals surface area contributed by atoms with Crippen LogP contribution in [0.4, 0.5) is 15.1 Å². The zero-order valence-corrected chi connectivity index (χ0v) is 24.6. The van der Waals surface area contributed by atoms with Gasteiger partial charge in [-0.05, 0) is 62.1 Å². The maximum absolute atomic E-state index is 14.9. The van der Waals surface area contributed by atoms with Crippen LogP contribution in [-0.2, 0) is 17.7 Å². The molecule has 0 amide bonds. The van der Waals surface area contributed by atoms with Gasteiger partial charge in [-0.15, -0.1) is 0 Å². The number of benzene rings is 3. The Kier molecular flexibility index (Phi) is 7.13. The molecular weight excluding hydrogens is 549 g/mol. The van der Waals surface area contributed by atoms with Crippen LogP contribution < -0.4 is 14.8 Å². The van der Waals surface area contributed by atoms with E-state index in [4.69, 9.17) is 19.2 Å². The van der Waals surface area contributed by atoms with Gasteiger partial charge < -0.3 is 19.5 Å². The van der Waals surface area contributed by atoms with Crippen LogP contribution >= 0.6 is 0 Å². The molecule has 0 radical (unpaired) electrons. The van der Waals surface area contributed by atoms with Crippen molar-refractivity contribution in [1.29, 1.82) is 0 Å². The molecule has 0 atom stereocenters. The summed E-state index contributed by atoms with van der Waals surface area (Å²) in [5, 5.41) is 5.80. The van der Waals surface area contributed by atoms with Gasteiger partial charge in [-0.25, -0.2) is 19.2 Å². The number of methoxy groups -OCH3 is 2. The molecule has 0 fully saturated rings. The highest BCUT2D eigenvalue weighted by molar-refractivity contribution is 5.93. The molecule has 0 aliphatic rings. The Hall–Kier alpha value is -5.12. The summed E-state index contributed by atoms with van der Waals surface area (Å²) in [5.74, 6) is 1.38. The summed E-state index contributed by atoms with van der Waals surface area (Å²) in [5.41, 5.74) is 2.94. The maximum atomic E-state index is 14.9. The van der Waals surface area contributed by atoms with Gasteiger partial charge in [0.1, 0.15) is 34.1 Å². The average Bonchev–Trinajstić information content (AvgIpc) is 3.60. The molecule has 0 bridgehead atoms. The highest BCUT2D eigenvalue weighted by Gasteiger charge is 2.19. The fraction of sp³-hybridized carbons (Fsp3) is 0.242. The third-order valence-electron chi connectivity index (χ3n) is 7.06. The van der Waals surface area contributed by atoms with Gasteiger partial charge in [0.2, 0.25) is 5.95 Å². The first kappa shape index (κ1) is 28.0. The number of ether oxygens (including phenoxy) is 3. The van der Waals surface area contributed by atoms with Crippen molar-refractivity contribution in [2.75, 3.05) is 19.5 Å². The molecule has 0 saturated carbocycles. The first-order valence-electron chi connectivity index (χ1n) is 13.9. The molecule has 9 nitrogen and oxygen atoms in total. The number of para-hydroxylation sites is 1. The summed E-state index contributed by atoms with van der Waals surface area (Å²) >= 11 is 0. The molecule has 43 heavy (non-hydrogen) atoms. The number of hydrogen-bond acceptors (Lipinski definition) is 7. The largest absolute Gasteiger partial charge is 0.497 e. The quantitative estimate of drug-likeness (QED) is 0.217. The number of fused-ring (bicyclic) bond motifs is 4. The van der Waals surface area contributed by atoms with E-state index in [2.05, 4.69) is 10.3 Å². The van der Waals surface area contributed by atoms with Crippen LogP contribution in [0.3, 0.4) is 0 Å². The molecule has 3 aromatic heterocycles. The minimum absolute atomic E-state index is 0.237. The number of rotatable bonds is 7. The second-order valence-electron chi connectivity index (χ2n) is 11.3. The Morgan fingerprint density at radius 1 is 0.953 bits per heavy atom. The van der Waals surface area contributed by atoms with Crippen LogP contribution in [-0.4, -0.2) is 44.8 Å². The van der Waals surface area contributed by atoms with E-state index in [1.165, 1.54) is 10.6 Å². The fourth-order valence-corrected chi connectivity index (χ4v) is 5.06. The predicted octanol–water partition coefficient (Wildman–Crippen LogP) is 6.98. The van der Waals surface area contributed by atoms with Crippen molar-refractivity contribution in [3.8, 4) is 11.5 Å². The van der Waals surface area contributed by atoms with Gasteiger partial charge in [0.25, 0.3) is 0 Å². The van der Waals surface area contributed by atoms with E-state index in [9.17, 15) is 9.18 Å². The number of anilines is 1. The number of aromatic nitrogens is 4. The third-order valence-corrected chi connectivity index (χ3v) is 7.06. The van der Waals surface area contributed by atoms with Crippen LogP contribution in [0.15, 0.2) is 73.2 Å². The zero-order valence-electron chi connectivity index (χ0n) is 24.6. The molecule has 0 saturated heterocycles. The molecule has 0 unspecified atom stereocenters. The summed E-state index contributed by atoms with van der Waals surface area (Å²) in [7, 11) is 3.21. The lowest BCUT2D eigenvalue weighted by molar-refractivity contribution is 0.0538. The Bertz CT molecular complexity index is 1990. The summed E-state index contributed by atoms with van der Waals surface area (Å²) in [6.45, 7) is 5.90. The van der Waals surface area contributed by atoms with E-state index >= 15 is 0 Å². The molecule has 3 aromatic carbocycles. The van der Waals surface area contributed by atoms with Crippen LogP contribution in [0.25, 0.3) is 27.3 Å². The Balaban J connectivity index is 1.33. The molecule has 0 spiro atoms. The standard InChI is InChI=1S/C33H32FN5O4/c1-33(2,3)43-32(40)38-17-22-10-9-20(13-23(22)18-38)14-24-19-39-30(36-24)26-7-6-8-27(34)29(26)37-31(39)35-16-21-11-12-25(41-4)15-28(21)42-5/h6-13,15,17-19H,14,16H2,1-5H3,(H,35,37). The number of nitrogens with zero attached hydrogens (tertiary/aromatic N) is 4. The van der Waals surface area contributed by atoms with Crippen molar-refractivity contribution in [3.05, 3.63) is 95.8 Å². The number of nitrogens with one attached hydrogen (secondary N) is 1. The van der Waals surface area contributed by atoms with Crippen LogP contribution in [0, 0.1) is 5.82 Å². The van der Waals surface area contributed by atoms with Crippen molar-refractivity contribution in [3.63, 3.8) is 0 Å².